The molecule has 0 aromatic carbocycles. The minimum absolute atomic E-state index is 0.179. The molecule has 82 valence electrons. The van der Waals surface area contributed by atoms with Gasteiger partial charge >= 0.3 is 0 Å². The van der Waals surface area contributed by atoms with Crippen LogP contribution in [0.2, 0.25) is 0 Å². The second-order valence-corrected chi connectivity index (χ2v) is 5.35. The Morgan fingerprint density at radius 2 is 2.14 bits per heavy atom. The van der Waals surface area contributed by atoms with E-state index in [2.05, 4.69) is 13.8 Å². The molecule has 2 heterocycles. The van der Waals surface area contributed by atoms with E-state index in [1.807, 2.05) is 0 Å². The maximum atomic E-state index is 8.31. The van der Waals surface area contributed by atoms with Crippen molar-refractivity contribution < 1.29 is 8.85 Å². The Morgan fingerprint density at radius 3 is 2.64 bits per heavy atom. The summed E-state index contributed by atoms with van der Waals surface area (Å²) in [5, 5.41) is 0. The van der Waals surface area contributed by atoms with Crippen molar-refractivity contribution in [1.82, 2.24) is 4.90 Å². The quantitative estimate of drug-likeness (QED) is 0.599. The smallest absolute Gasteiger partial charge is 0.0717 e. The lowest BCUT2D eigenvalue weighted by atomic mass is 9.84. The first-order chi connectivity index (χ1) is 7.48. The van der Waals surface area contributed by atoms with Crippen LogP contribution in [0.3, 0.4) is 0 Å². The van der Waals surface area contributed by atoms with Crippen LogP contribution in [0.15, 0.2) is 0 Å². The van der Waals surface area contributed by atoms with E-state index < -0.39 is 18.1 Å². The third-order valence-electron chi connectivity index (χ3n) is 3.46. The molecule has 2 rings (SSSR count). The van der Waals surface area contributed by atoms with E-state index in [1.165, 1.54) is 4.90 Å². The molecule has 0 N–H and O–H groups in total. The van der Waals surface area contributed by atoms with E-state index in [0.29, 0.717) is 12.8 Å². The Hall–Kier alpha value is -0.0800. The predicted octanol–water partition coefficient (Wildman–Crippen LogP) is 2.43. The Kier molecular flexibility index (Phi) is 1.66. The zero-order chi connectivity index (χ0) is 13.1. The van der Waals surface area contributed by atoms with Crippen LogP contribution in [-0.2, 0) is 4.74 Å². The van der Waals surface area contributed by atoms with Gasteiger partial charge in [-0.25, -0.2) is 0 Å². The van der Waals surface area contributed by atoms with Gasteiger partial charge in [0, 0.05) is 16.6 Å². The first-order valence-corrected chi connectivity index (χ1v) is 5.42. The maximum Gasteiger partial charge on any atom is 0.0717 e. The summed E-state index contributed by atoms with van der Waals surface area (Å²) in [6, 6.07) is -0.901. The fourth-order valence-electron chi connectivity index (χ4n) is 2.51. The Balaban J connectivity index is 2.28. The van der Waals surface area contributed by atoms with Gasteiger partial charge in [-0.05, 0) is 53.5 Å². The van der Waals surface area contributed by atoms with Crippen molar-refractivity contribution in [1.29, 1.82) is 0 Å². The molecule has 2 unspecified atom stereocenters. The zero-order valence-electron chi connectivity index (χ0n) is 12.7. The Labute approximate surface area is 91.8 Å². The molecule has 2 saturated heterocycles. The number of piperidine rings is 1. The van der Waals surface area contributed by atoms with Crippen molar-refractivity contribution >= 4 is 0 Å². The number of ether oxygens (including phenoxy) is 1. The molecule has 2 nitrogen and oxygen atoms in total. The molecule has 0 bridgehead atoms. The monoisotopic (exact) mass is 203 g/mol. The van der Waals surface area contributed by atoms with E-state index >= 15 is 0 Å². The van der Waals surface area contributed by atoms with E-state index in [4.69, 9.17) is 8.85 Å². The van der Waals surface area contributed by atoms with Crippen LogP contribution in [0.25, 0.3) is 0 Å². The first-order valence-electron chi connectivity index (χ1n) is 6.92. The highest BCUT2D eigenvalue weighted by atomic mass is 16.5. The molecular weight excluding hydrogens is 174 g/mol. The van der Waals surface area contributed by atoms with E-state index in [1.54, 1.807) is 14.0 Å². The van der Waals surface area contributed by atoms with Gasteiger partial charge in [0.2, 0.25) is 0 Å². The third-order valence-corrected chi connectivity index (χ3v) is 3.46. The topological polar surface area (TPSA) is 12.5 Å². The molecule has 2 heteroatoms. The number of rotatable bonds is 0. The van der Waals surface area contributed by atoms with Gasteiger partial charge in [0.05, 0.1) is 11.2 Å². The summed E-state index contributed by atoms with van der Waals surface area (Å²) in [5.41, 5.74) is -0.627. The molecule has 0 amide bonds. The lowest BCUT2D eigenvalue weighted by molar-refractivity contribution is -0.119. The lowest BCUT2D eigenvalue weighted by Crippen LogP contribution is -2.48. The summed E-state index contributed by atoms with van der Waals surface area (Å²) in [6.07, 6.45) is 2.76. The zero-order valence-corrected chi connectivity index (χ0v) is 9.68. The average molecular weight is 203 g/mol. The normalized spacial score (nSPS) is 55.3. The molecular formula is C12H23NO. The fourth-order valence-corrected chi connectivity index (χ4v) is 2.51. The van der Waals surface area contributed by atoms with Crippen molar-refractivity contribution in [2.75, 3.05) is 13.5 Å². The summed E-state index contributed by atoms with van der Waals surface area (Å²) in [6.45, 7) is 4.42. The van der Waals surface area contributed by atoms with Crippen LogP contribution in [0.1, 0.15) is 50.6 Å². The molecule has 2 aliphatic rings. The van der Waals surface area contributed by atoms with Gasteiger partial charge in [-0.2, -0.15) is 0 Å². The van der Waals surface area contributed by atoms with Crippen molar-refractivity contribution in [2.24, 2.45) is 0 Å². The van der Waals surface area contributed by atoms with Gasteiger partial charge in [0.15, 0.2) is 0 Å². The van der Waals surface area contributed by atoms with Crippen LogP contribution in [0, 0.1) is 0 Å². The van der Waals surface area contributed by atoms with Gasteiger partial charge in [-0.15, -0.1) is 0 Å². The highest BCUT2D eigenvalue weighted by Crippen LogP contribution is 2.44. The average Bonchev–Trinajstić information content (AvgIpc) is 2.36. The molecule has 2 aliphatic heterocycles. The van der Waals surface area contributed by atoms with Crippen LogP contribution in [0.4, 0.5) is 0 Å². The molecule has 0 aliphatic carbocycles. The molecule has 0 aromatic heterocycles. The second kappa shape index (κ2) is 3.21. The molecule has 0 saturated carbocycles. The predicted molar refractivity (Wildman–Crippen MR) is 58.5 cm³/mol. The minimum Gasteiger partial charge on any atom is -0.369 e. The molecule has 2 fully saturated rings. The minimum atomic E-state index is -1.46. The van der Waals surface area contributed by atoms with E-state index in [9.17, 15) is 0 Å². The van der Waals surface area contributed by atoms with Crippen LogP contribution < -0.4 is 0 Å². The molecule has 2 atom stereocenters. The third kappa shape index (κ3) is 1.82. The van der Waals surface area contributed by atoms with Crippen molar-refractivity contribution in [3.05, 3.63) is 0 Å². The van der Waals surface area contributed by atoms with Crippen LogP contribution in [0.5, 0.6) is 0 Å². The molecule has 14 heavy (non-hydrogen) atoms. The maximum absolute atomic E-state index is 8.31. The van der Waals surface area contributed by atoms with Gasteiger partial charge < -0.3 is 9.64 Å². The van der Waals surface area contributed by atoms with Crippen molar-refractivity contribution in [3.63, 3.8) is 0 Å². The SMILES string of the molecule is [3H]C1([3H])CC2(CCC(C)(C)O2)CC([3H])(C)N1C. The first kappa shape index (κ1) is 7.24. The standard InChI is InChI=1S/C12H23NO/c1-10-9-12(7-8-13(10)4)6-5-11(2,3)14-12/h10H,5-9H2,1-4H3/i8T2,10T. The van der Waals surface area contributed by atoms with E-state index in [-0.39, 0.29) is 5.60 Å². The van der Waals surface area contributed by atoms with Gasteiger partial charge in [0.1, 0.15) is 0 Å². The number of nitrogens with zero attached hydrogens (tertiary/aromatic N) is 1. The second-order valence-electron chi connectivity index (χ2n) is 5.35. The molecule has 0 radical (unpaired) electrons. The number of hydrogen-bond donors (Lipinski definition) is 0. The molecule has 1 spiro atoms. The van der Waals surface area contributed by atoms with E-state index in [0.717, 1.165) is 12.8 Å². The summed E-state index contributed by atoms with van der Waals surface area (Å²) in [7, 11) is 1.69. The summed E-state index contributed by atoms with van der Waals surface area (Å²) < 4.78 is 30.6. The Bertz CT molecular complexity index is 310. The van der Waals surface area contributed by atoms with Crippen molar-refractivity contribution in [2.45, 2.75) is 63.7 Å². The molecule has 0 aromatic rings. The van der Waals surface area contributed by atoms with Gasteiger partial charge in [0.25, 0.3) is 0 Å². The summed E-state index contributed by atoms with van der Waals surface area (Å²) in [5.74, 6) is 0. The lowest BCUT2D eigenvalue weighted by Gasteiger charge is -2.42. The van der Waals surface area contributed by atoms with Crippen LogP contribution >= 0.6 is 0 Å². The van der Waals surface area contributed by atoms with Crippen LogP contribution in [-0.4, -0.2) is 35.7 Å². The number of likely N-dealkylation sites (tertiary alicyclic amines) is 1. The highest BCUT2D eigenvalue weighted by Gasteiger charge is 2.46. The highest BCUT2D eigenvalue weighted by molar-refractivity contribution is 4.98. The summed E-state index contributed by atoms with van der Waals surface area (Å²) in [4.78, 5) is 1.53. The summed E-state index contributed by atoms with van der Waals surface area (Å²) >= 11 is 0. The number of hydrogen-bond acceptors (Lipinski definition) is 2. The Morgan fingerprint density at radius 1 is 1.43 bits per heavy atom. The van der Waals surface area contributed by atoms with Gasteiger partial charge in [-0.3, -0.25) is 0 Å². The fraction of sp³-hybridized carbons (Fsp3) is 1.00. The largest absolute Gasteiger partial charge is 0.369 e. The van der Waals surface area contributed by atoms with Gasteiger partial charge in [-0.1, -0.05) is 0 Å². The van der Waals surface area contributed by atoms with Crippen molar-refractivity contribution in [3.8, 4) is 0 Å².